The number of alkyl halides is 3. The molecular formula is C18H16F3N3O. The van der Waals surface area contributed by atoms with Crippen LogP contribution in [0, 0.1) is 0 Å². The predicted molar refractivity (Wildman–Crippen MR) is 92.5 cm³/mol. The summed E-state index contributed by atoms with van der Waals surface area (Å²) in [6, 6.07) is 13.4. The summed E-state index contributed by atoms with van der Waals surface area (Å²) in [5.41, 5.74) is 1.68. The minimum Gasteiger partial charge on any atom is -0.406 e. The number of halogens is 3. The van der Waals surface area contributed by atoms with Crippen molar-refractivity contribution in [3.05, 3.63) is 54.7 Å². The van der Waals surface area contributed by atoms with Gasteiger partial charge in [0.1, 0.15) is 11.6 Å². The van der Waals surface area contributed by atoms with E-state index in [0.29, 0.717) is 11.5 Å². The minimum atomic E-state index is -4.70. The van der Waals surface area contributed by atoms with Crippen molar-refractivity contribution in [2.24, 2.45) is 0 Å². The first-order valence-electron chi connectivity index (χ1n) is 7.51. The third kappa shape index (κ3) is 4.12. The molecule has 4 nitrogen and oxygen atoms in total. The first kappa shape index (κ1) is 16.9. The number of anilines is 3. The molecule has 1 aromatic heterocycles. The zero-order valence-electron chi connectivity index (χ0n) is 13.6. The van der Waals surface area contributed by atoms with Crippen LogP contribution in [0.2, 0.25) is 0 Å². The van der Waals surface area contributed by atoms with Crippen molar-refractivity contribution in [3.8, 4) is 5.75 Å². The number of hydrogen-bond donors (Lipinski definition) is 1. The van der Waals surface area contributed by atoms with Crippen LogP contribution < -0.4 is 15.0 Å². The molecular weight excluding hydrogens is 331 g/mol. The van der Waals surface area contributed by atoms with E-state index in [0.717, 1.165) is 16.5 Å². The second kappa shape index (κ2) is 6.51. The average molecular weight is 347 g/mol. The fourth-order valence-corrected chi connectivity index (χ4v) is 2.42. The SMILES string of the molecule is CN(C)c1ccc2c(Nc3ccc(OC(F)(F)F)cc3)nccc2c1. The third-order valence-corrected chi connectivity index (χ3v) is 3.62. The van der Waals surface area contributed by atoms with Crippen LogP contribution in [0.15, 0.2) is 54.7 Å². The second-order valence-corrected chi connectivity index (χ2v) is 5.66. The fraction of sp³-hybridized carbons (Fsp3) is 0.167. The maximum Gasteiger partial charge on any atom is 0.573 e. The van der Waals surface area contributed by atoms with Crippen molar-refractivity contribution in [2.75, 3.05) is 24.3 Å². The van der Waals surface area contributed by atoms with Gasteiger partial charge < -0.3 is 15.0 Å². The molecule has 0 aliphatic heterocycles. The van der Waals surface area contributed by atoms with Crippen LogP contribution in [-0.4, -0.2) is 25.4 Å². The van der Waals surface area contributed by atoms with E-state index in [4.69, 9.17) is 0 Å². The van der Waals surface area contributed by atoms with Gasteiger partial charge in [-0.15, -0.1) is 13.2 Å². The average Bonchev–Trinajstić information content (AvgIpc) is 2.55. The summed E-state index contributed by atoms with van der Waals surface area (Å²) < 4.78 is 40.5. The Kier molecular flexibility index (Phi) is 4.39. The lowest BCUT2D eigenvalue weighted by Crippen LogP contribution is -2.16. The molecule has 0 saturated carbocycles. The molecule has 0 radical (unpaired) electrons. The van der Waals surface area contributed by atoms with Gasteiger partial charge in [0.05, 0.1) is 0 Å². The van der Waals surface area contributed by atoms with Gasteiger partial charge in [0.25, 0.3) is 0 Å². The lowest BCUT2D eigenvalue weighted by Gasteiger charge is -2.15. The summed E-state index contributed by atoms with van der Waals surface area (Å²) >= 11 is 0. The number of ether oxygens (including phenoxy) is 1. The first-order valence-corrected chi connectivity index (χ1v) is 7.51. The van der Waals surface area contributed by atoms with Gasteiger partial charge in [-0.3, -0.25) is 0 Å². The quantitative estimate of drug-likeness (QED) is 0.725. The molecule has 0 atom stereocenters. The topological polar surface area (TPSA) is 37.4 Å². The first-order chi connectivity index (χ1) is 11.8. The van der Waals surface area contributed by atoms with E-state index in [1.54, 1.807) is 6.20 Å². The van der Waals surface area contributed by atoms with Crippen molar-refractivity contribution >= 4 is 28.0 Å². The molecule has 3 rings (SSSR count). The molecule has 0 aliphatic carbocycles. The molecule has 3 aromatic rings. The van der Waals surface area contributed by atoms with E-state index in [-0.39, 0.29) is 5.75 Å². The smallest absolute Gasteiger partial charge is 0.406 e. The van der Waals surface area contributed by atoms with Gasteiger partial charge in [0.15, 0.2) is 0 Å². The summed E-state index contributed by atoms with van der Waals surface area (Å²) in [4.78, 5) is 6.33. The van der Waals surface area contributed by atoms with E-state index in [1.807, 2.05) is 43.3 Å². The van der Waals surface area contributed by atoms with Gasteiger partial charge >= 0.3 is 6.36 Å². The van der Waals surface area contributed by atoms with Crippen LogP contribution in [0.3, 0.4) is 0 Å². The maximum absolute atomic E-state index is 12.2. The normalized spacial score (nSPS) is 11.4. The van der Waals surface area contributed by atoms with E-state index in [1.165, 1.54) is 24.3 Å². The minimum absolute atomic E-state index is 0.264. The molecule has 0 aliphatic rings. The molecule has 0 bridgehead atoms. The van der Waals surface area contributed by atoms with Crippen LogP contribution in [-0.2, 0) is 0 Å². The Hall–Kier alpha value is -2.96. The molecule has 1 heterocycles. The largest absolute Gasteiger partial charge is 0.573 e. The Morgan fingerprint density at radius 2 is 1.72 bits per heavy atom. The van der Waals surface area contributed by atoms with Crippen molar-refractivity contribution < 1.29 is 17.9 Å². The fourth-order valence-electron chi connectivity index (χ4n) is 2.42. The maximum atomic E-state index is 12.2. The molecule has 0 spiro atoms. The summed E-state index contributed by atoms with van der Waals surface area (Å²) in [5, 5.41) is 5.06. The van der Waals surface area contributed by atoms with E-state index in [2.05, 4.69) is 15.0 Å². The van der Waals surface area contributed by atoms with Gasteiger partial charge in [0, 0.05) is 37.1 Å². The molecule has 0 fully saturated rings. The molecule has 0 saturated heterocycles. The Labute approximate surface area is 142 Å². The van der Waals surface area contributed by atoms with Crippen molar-refractivity contribution in [3.63, 3.8) is 0 Å². The highest BCUT2D eigenvalue weighted by Crippen LogP contribution is 2.29. The Morgan fingerprint density at radius 1 is 1.00 bits per heavy atom. The monoisotopic (exact) mass is 347 g/mol. The molecule has 0 unspecified atom stereocenters. The lowest BCUT2D eigenvalue weighted by atomic mass is 10.1. The molecule has 2 aromatic carbocycles. The van der Waals surface area contributed by atoms with Gasteiger partial charge in [-0.25, -0.2) is 4.98 Å². The summed E-state index contributed by atoms with van der Waals surface area (Å²) in [6.07, 6.45) is -3.01. The summed E-state index contributed by atoms with van der Waals surface area (Å²) in [6.45, 7) is 0. The lowest BCUT2D eigenvalue weighted by molar-refractivity contribution is -0.274. The van der Waals surface area contributed by atoms with Crippen molar-refractivity contribution in [1.29, 1.82) is 0 Å². The molecule has 25 heavy (non-hydrogen) atoms. The highest BCUT2D eigenvalue weighted by atomic mass is 19.4. The Bertz CT molecular complexity index is 877. The summed E-state index contributed by atoms with van der Waals surface area (Å²) in [7, 11) is 3.93. The Balaban J connectivity index is 1.85. The zero-order chi connectivity index (χ0) is 18.0. The number of hydrogen-bond acceptors (Lipinski definition) is 4. The number of nitrogens with one attached hydrogen (secondary N) is 1. The van der Waals surface area contributed by atoms with Gasteiger partial charge in [0.2, 0.25) is 0 Å². The molecule has 7 heteroatoms. The molecule has 130 valence electrons. The van der Waals surface area contributed by atoms with Gasteiger partial charge in [-0.05, 0) is 53.9 Å². The third-order valence-electron chi connectivity index (χ3n) is 3.62. The van der Waals surface area contributed by atoms with Crippen LogP contribution in [0.1, 0.15) is 0 Å². The van der Waals surface area contributed by atoms with E-state index >= 15 is 0 Å². The number of rotatable bonds is 4. The van der Waals surface area contributed by atoms with Gasteiger partial charge in [-0.1, -0.05) is 0 Å². The summed E-state index contributed by atoms with van der Waals surface area (Å²) in [5.74, 6) is 0.367. The Morgan fingerprint density at radius 3 is 2.36 bits per heavy atom. The molecule has 1 N–H and O–H groups in total. The number of pyridine rings is 1. The number of fused-ring (bicyclic) bond motifs is 1. The van der Waals surface area contributed by atoms with Crippen LogP contribution in [0.4, 0.5) is 30.4 Å². The van der Waals surface area contributed by atoms with Crippen molar-refractivity contribution in [1.82, 2.24) is 4.98 Å². The number of nitrogens with zero attached hydrogens (tertiary/aromatic N) is 2. The number of benzene rings is 2. The van der Waals surface area contributed by atoms with E-state index in [9.17, 15) is 13.2 Å². The second-order valence-electron chi connectivity index (χ2n) is 5.66. The standard InChI is InChI=1S/C18H16F3N3O/c1-24(2)14-5-8-16-12(11-14)9-10-22-17(16)23-13-3-6-15(7-4-13)25-18(19,20)21/h3-11H,1-2H3,(H,22,23). The highest BCUT2D eigenvalue weighted by molar-refractivity contribution is 5.95. The van der Waals surface area contributed by atoms with Gasteiger partial charge in [-0.2, -0.15) is 0 Å². The highest BCUT2D eigenvalue weighted by Gasteiger charge is 2.30. The van der Waals surface area contributed by atoms with Crippen LogP contribution in [0.25, 0.3) is 10.8 Å². The number of aromatic nitrogens is 1. The molecule has 0 amide bonds. The van der Waals surface area contributed by atoms with E-state index < -0.39 is 6.36 Å². The zero-order valence-corrected chi connectivity index (χ0v) is 13.6. The van der Waals surface area contributed by atoms with Crippen LogP contribution >= 0.6 is 0 Å². The predicted octanol–water partition coefficient (Wildman–Crippen LogP) is 4.94. The van der Waals surface area contributed by atoms with Crippen LogP contribution in [0.5, 0.6) is 5.75 Å². The van der Waals surface area contributed by atoms with Crippen molar-refractivity contribution in [2.45, 2.75) is 6.36 Å².